The number of nitrogens with zero attached hydrogens (tertiary/aromatic N) is 2. The van der Waals surface area contributed by atoms with Gasteiger partial charge in [-0.1, -0.05) is 12.1 Å². The second-order valence-corrected chi connectivity index (χ2v) is 4.46. The summed E-state index contributed by atoms with van der Waals surface area (Å²) >= 11 is 0. The molecule has 0 aliphatic carbocycles. The average Bonchev–Trinajstić information content (AvgIpc) is 2.86. The molecule has 6 nitrogen and oxygen atoms in total. The van der Waals surface area contributed by atoms with Crippen molar-refractivity contribution in [3.05, 3.63) is 17.5 Å². The molecule has 0 spiro atoms. The standard InChI is InChI=1S/C12H16N2O4/c1-2-9-6-10(13-18-9)11(15)14-5-3-4-8(7-14)12(16)17/h6,8H,2-5,7H2,1H3,(H,16,17). The lowest BCUT2D eigenvalue weighted by Gasteiger charge is -2.29. The molecule has 1 aliphatic rings. The van der Waals surface area contributed by atoms with Gasteiger partial charge in [0.25, 0.3) is 5.91 Å². The molecule has 98 valence electrons. The first-order valence-corrected chi connectivity index (χ1v) is 6.09. The summed E-state index contributed by atoms with van der Waals surface area (Å²) in [7, 11) is 0. The van der Waals surface area contributed by atoms with Gasteiger partial charge in [0.05, 0.1) is 5.92 Å². The fraction of sp³-hybridized carbons (Fsp3) is 0.583. The summed E-state index contributed by atoms with van der Waals surface area (Å²) in [6.45, 7) is 2.75. The predicted octanol–water partition coefficient (Wildman–Crippen LogP) is 1.17. The van der Waals surface area contributed by atoms with Crippen LogP contribution >= 0.6 is 0 Å². The van der Waals surface area contributed by atoms with E-state index in [0.29, 0.717) is 31.6 Å². The van der Waals surface area contributed by atoms with E-state index >= 15 is 0 Å². The summed E-state index contributed by atoms with van der Waals surface area (Å²) in [5.41, 5.74) is 0.262. The molecule has 2 rings (SSSR count). The zero-order chi connectivity index (χ0) is 13.1. The molecule has 0 saturated carbocycles. The van der Waals surface area contributed by atoms with Crippen molar-refractivity contribution >= 4 is 11.9 Å². The minimum absolute atomic E-state index is 0.246. The van der Waals surface area contributed by atoms with Gasteiger partial charge >= 0.3 is 5.97 Å². The normalized spacial score (nSPS) is 19.8. The molecule has 1 fully saturated rings. The molecule has 0 radical (unpaired) electrons. The van der Waals surface area contributed by atoms with Crippen LogP contribution in [0.25, 0.3) is 0 Å². The maximum atomic E-state index is 12.1. The number of carboxylic acid groups (broad SMARTS) is 1. The van der Waals surface area contributed by atoms with Gasteiger partial charge in [0.2, 0.25) is 0 Å². The fourth-order valence-electron chi connectivity index (χ4n) is 2.11. The molecule has 1 aromatic heterocycles. The van der Waals surface area contributed by atoms with Crippen LogP contribution in [0.3, 0.4) is 0 Å². The van der Waals surface area contributed by atoms with Crippen molar-refractivity contribution < 1.29 is 19.2 Å². The Bertz CT molecular complexity index is 455. The molecular weight excluding hydrogens is 236 g/mol. The van der Waals surface area contributed by atoms with Gasteiger partial charge < -0.3 is 14.5 Å². The van der Waals surface area contributed by atoms with Crippen molar-refractivity contribution in [2.24, 2.45) is 5.92 Å². The molecule has 1 amide bonds. The number of rotatable bonds is 3. The molecular formula is C12H16N2O4. The smallest absolute Gasteiger partial charge is 0.308 e. The van der Waals surface area contributed by atoms with E-state index in [1.54, 1.807) is 11.0 Å². The van der Waals surface area contributed by atoms with Crippen LogP contribution in [0.1, 0.15) is 36.0 Å². The Kier molecular flexibility index (Phi) is 3.64. The van der Waals surface area contributed by atoms with Gasteiger partial charge in [-0.25, -0.2) is 0 Å². The van der Waals surface area contributed by atoms with Gasteiger partial charge in [0.15, 0.2) is 5.69 Å². The molecule has 0 bridgehead atoms. The zero-order valence-corrected chi connectivity index (χ0v) is 10.3. The predicted molar refractivity (Wildman–Crippen MR) is 62.1 cm³/mol. The van der Waals surface area contributed by atoms with Crippen LogP contribution in [-0.2, 0) is 11.2 Å². The number of hydrogen-bond donors (Lipinski definition) is 1. The van der Waals surface area contributed by atoms with E-state index in [2.05, 4.69) is 5.16 Å². The first-order valence-electron chi connectivity index (χ1n) is 6.09. The molecule has 1 aliphatic heterocycles. The molecule has 1 N–H and O–H groups in total. The highest BCUT2D eigenvalue weighted by molar-refractivity contribution is 5.92. The number of carbonyl (C=O) groups excluding carboxylic acids is 1. The van der Waals surface area contributed by atoms with Gasteiger partial charge in [-0.05, 0) is 12.8 Å². The van der Waals surface area contributed by atoms with Crippen LogP contribution in [-0.4, -0.2) is 40.1 Å². The van der Waals surface area contributed by atoms with Crippen molar-refractivity contribution in [3.8, 4) is 0 Å². The van der Waals surface area contributed by atoms with Crippen molar-refractivity contribution in [1.82, 2.24) is 10.1 Å². The summed E-state index contributed by atoms with van der Waals surface area (Å²) < 4.78 is 4.99. The van der Waals surface area contributed by atoms with Crippen LogP contribution in [0.2, 0.25) is 0 Å². The maximum Gasteiger partial charge on any atom is 0.308 e. The van der Waals surface area contributed by atoms with Crippen molar-refractivity contribution in [2.45, 2.75) is 26.2 Å². The summed E-state index contributed by atoms with van der Waals surface area (Å²) in [5, 5.41) is 12.7. The number of amides is 1. The van der Waals surface area contributed by atoms with E-state index in [1.165, 1.54) is 0 Å². The molecule has 1 unspecified atom stereocenters. The molecule has 1 aromatic rings. The highest BCUT2D eigenvalue weighted by Gasteiger charge is 2.29. The number of aromatic nitrogens is 1. The molecule has 1 saturated heterocycles. The van der Waals surface area contributed by atoms with E-state index in [1.807, 2.05) is 6.92 Å². The van der Waals surface area contributed by atoms with Crippen LogP contribution in [0, 0.1) is 5.92 Å². The summed E-state index contributed by atoms with van der Waals surface area (Å²) in [5.74, 6) is -0.906. The van der Waals surface area contributed by atoms with Crippen LogP contribution in [0.4, 0.5) is 0 Å². The molecule has 2 heterocycles. The Hall–Kier alpha value is -1.85. The third kappa shape index (κ3) is 2.52. The van der Waals surface area contributed by atoms with E-state index in [-0.39, 0.29) is 18.1 Å². The Morgan fingerprint density at radius 3 is 3.00 bits per heavy atom. The monoisotopic (exact) mass is 252 g/mol. The average molecular weight is 252 g/mol. The second-order valence-electron chi connectivity index (χ2n) is 4.46. The highest BCUT2D eigenvalue weighted by atomic mass is 16.5. The van der Waals surface area contributed by atoms with Crippen molar-refractivity contribution in [2.75, 3.05) is 13.1 Å². The van der Waals surface area contributed by atoms with E-state index < -0.39 is 11.9 Å². The van der Waals surface area contributed by atoms with Gasteiger partial charge in [0, 0.05) is 25.6 Å². The lowest BCUT2D eigenvalue weighted by molar-refractivity contribution is -0.143. The number of carboxylic acids is 1. The van der Waals surface area contributed by atoms with Crippen LogP contribution in [0.5, 0.6) is 0 Å². The fourth-order valence-corrected chi connectivity index (χ4v) is 2.11. The van der Waals surface area contributed by atoms with Gasteiger partial charge in [-0.2, -0.15) is 0 Å². The minimum Gasteiger partial charge on any atom is -0.481 e. The number of carbonyl (C=O) groups is 2. The largest absolute Gasteiger partial charge is 0.481 e. The second kappa shape index (κ2) is 5.20. The summed E-state index contributed by atoms with van der Waals surface area (Å²) in [4.78, 5) is 24.6. The maximum absolute atomic E-state index is 12.1. The van der Waals surface area contributed by atoms with Crippen LogP contribution in [0.15, 0.2) is 10.6 Å². The minimum atomic E-state index is -0.845. The molecule has 0 aromatic carbocycles. The van der Waals surface area contributed by atoms with Gasteiger partial charge in [-0.3, -0.25) is 9.59 Å². The first kappa shape index (κ1) is 12.6. The Labute approximate surface area is 105 Å². The number of aliphatic carboxylic acids is 1. The quantitative estimate of drug-likeness (QED) is 0.873. The lowest BCUT2D eigenvalue weighted by Crippen LogP contribution is -2.42. The van der Waals surface area contributed by atoms with E-state index in [0.717, 1.165) is 0 Å². The Morgan fingerprint density at radius 1 is 1.61 bits per heavy atom. The van der Waals surface area contributed by atoms with E-state index in [9.17, 15) is 9.59 Å². The van der Waals surface area contributed by atoms with Crippen molar-refractivity contribution in [3.63, 3.8) is 0 Å². The Morgan fingerprint density at radius 2 is 2.39 bits per heavy atom. The number of piperidine rings is 1. The topological polar surface area (TPSA) is 83.6 Å². The molecule has 18 heavy (non-hydrogen) atoms. The van der Waals surface area contributed by atoms with E-state index in [4.69, 9.17) is 9.63 Å². The number of hydrogen-bond acceptors (Lipinski definition) is 4. The van der Waals surface area contributed by atoms with Gasteiger partial charge in [0.1, 0.15) is 5.76 Å². The highest BCUT2D eigenvalue weighted by Crippen LogP contribution is 2.18. The lowest BCUT2D eigenvalue weighted by atomic mass is 9.98. The molecule has 6 heteroatoms. The Balaban J connectivity index is 2.06. The third-order valence-corrected chi connectivity index (χ3v) is 3.18. The van der Waals surface area contributed by atoms with Crippen LogP contribution < -0.4 is 0 Å². The summed E-state index contributed by atoms with van der Waals surface area (Å²) in [6.07, 6.45) is 2.01. The SMILES string of the molecule is CCc1cc(C(=O)N2CCCC(C(=O)O)C2)no1. The third-order valence-electron chi connectivity index (χ3n) is 3.18. The number of aryl methyl sites for hydroxylation is 1. The van der Waals surface area contributed by atoms with Gasteiger partial charge in [-0.15, -0.1) is 0 Å². The number of likely N-dealkylation sites (tertiary alicyclic amines) is 1. The zero-order valence-electron chi connectivity index (χ0n) is 10.3. The summed E-state index contributed by atoms with van der Waals surface area (Å²) in [6, 6.07) is 1.62. The molecule has 1 atom stereocenters. The first-order chi connectivity index (χ1) is 8.61. The van der Waals surface area contributed by atoms with Crippen molar-refractivity contribution in [1.29, 1.82) is 0 Å².